The first-order chi connectivity index (χ1) is 7.18. The Bertz CT molecular complexity index is 300. The highest BCUT2D eigenvalue weighted by molar-refractivity contribution is 5.29. The van der Waals surface area contributed by atoms with Gasteiger partial charge in [0.15, 0.2) is 0 Å². The van der Waals surface area contributed by atoms with Gasteiger partial charge in [-0.05, 0) is 23.9 Å². The Labute approximate surface area is 89.6 Å². The molecule has 0 radical (unpaired) electrons. The van der Waals surface area contributed by atoms with Crippen LogP contribution >= 0.6 is 0 Å². The molecule has 0 saturated carbocycles. The molecule has 1 aromatic rings. The van der Waals surface area contributed by atoms with Crippen molar-refractivity contribution in [3.05, 3.63) is 5.89 Å². The van der Waals surface area contributed by atoms with Crippen LogP contribution in [0.3, 0.4) is 0 Å². The van der Waals surface area contributed by atoms with Crippen LogP contribution in [0.2, 0.25) is 0 Å². The molecule has 1 fully saturated rings. The van der Waals surface area contributed by atoms with Crippen molar-refractivity contribution in [1.82, 2.24) is 10.1 Å². The fourth-order valence-corrected chi connectivity index (χ4v) is 1.69. The van der Waals surface area contributed by atoms with Gasteiger partial charge in [0.2, 0.25) is 5.89 Å². The third-order valence-corrected chi connectivity index (χ3v) is 2.82. The predicted octanol–water partition coefficient (Wildman–Crippen LogP) is 1.33. The van der Waals surface area contributed by atoms with Gasteiger partial charge in [0.1, 0.15) is 0 Å². The molecule has 1 saturated heterocycles. The number of hydrogen-bond acceptors (Lipinski definition) is 5. The summed E-state index contributed by atoms with van der Waals surface area (Å²) in [6.45, 7) is 6.14. The van der Waals surface area contributed by atoms with Crippen molar-refractivity contribution in [2.75, 3.05) is 18.0 Å². The van der Waals surface area contributed by atoms with E-state index in [0.717, 1.165) is 13.1 Å². The van der Waals surface area contributed by atoms with Crippen LogP contribution in [0.1, 0.15) is 38.6 Å². The summed E-state index contributed by atoms with van der Waals surface area (Å²) in [6.07, 6.45) is 2.42. The van der Waals surface area contributed by atoms with E-state index < -0.39 is 0 Å². The molecular weight excluding hydrogens is 192 g/mol. The monoisotopic (exact) mass is 210 g/mol. The summed E-state index contributed by atoms with van der Waals surface area (Å²) in [5.74, 6) is 1.56. The quantitative estimate of drug-likeness (QED) is 0.815. The van der Waals surface area contributed by atoms with Gasteiger partial charge in [-0.3, -0.25) is 0 Å². The molecule has 1 aliphatic heterocycles. The van der Waals surface area contributed by atoms with Crippen LogP contribution in [-0.4, -0.2) is 23.2 Å². The number of rotatable bonds is 3. The third-order valence-electron chi connectivity index (χ3n) is 2.82. The lowest BCUT2D eigenvalue weighted by Crippen LogP contribution is -2.20. The minimum Gasteiger partial charge on any atom is -0.338 e. The summed E-state index contributed by atoms with van der Waals surface area (Å²) in [5.41, 5.74) is 5.94. The summed E-state index contributed by atoms with van der Waals surface area (Å²) < 4.78 is 5.17. The molecule has 0 unspecified atom stereocenters. The van der Waals surface area contributed by atoms with E-state index in [2.05, 4.69) is 15.0 Å². The maximum Gasteiger partial charge on any atom is 0.266 e. The highest BCUT2D eigenvalue weighted by Gasteiger charge is 2.22. The number of anilines is 1. The smallest absolute Gasteiger partial charge is 0.266 e. The van der Waals surface area contributed by atoms with E-state index in [1.807, 2.05) is 13.8 Å². The van der Waals surface area contributed by atoms with Crippen LogP contribution in [0, 0.1) is 5.92 Å². The molecule has 2 N–H and O–H groups in total. The van der Waals surface area contributed by atoms with Crippen LogP contribution in [0.4, 0.5) is 5.95 Å². The second kappa shape index (κ2) is 4.18. The lowest BCUT2D eigenvalue weighted by atomic mass is 10.1. The lowest BCUT2D eigenvalue weighted by molar-refractivity contribution is 0.324. The van der Waals surface area contributed by atoms with Crippen molar-refractivity contribution < 1.29 is 4.52 Å². The predicted molar refractivity (Wildman–Crippen MR) is 57.5 cm³/mol. The average molecular weight is 210 g/mol. The largest absolute Gasteiger partial charge is 0.338 e. The molecule has 1 atom stereocenters. The second-order valence-electron chi connectivity index (χ2n) is 4.40. The van der Waals surface area contributed by atoms with E-state index >= 15 is 0 Å². The number of nitrogens with zero attached hydrogens (tertiary/aromatic N) is 3. The molecule has 1 aliphatic rings. The van der Waals surface area contributed by atoms with Crippen LogP contribution < -0.4 is 10.6 Å². The molecule has 2 heterocycles. The van der Waals surface area contributed by atoms with Crippen molar-refractivity contribution in [3.8, 4) is 0 Å². The fourth-order valence-electron chi connectivity index (χ4n) is 1.69. The number of nitrogens with two attached hydrogens (primary N) is 1. The molecule has 0 aliphatic carbocycles. The highest BCUT2D eigenvalue weighted by atomic mass is 16.5. The molecule has 84 valence electrons. The Morgan fingerprint density at radius 3 is 2.60 bits per heavy atom. The Morgan fingerprint density at radius 1 is 1.33 bits per heavy atom. The summed E-state index contributed by atoms with van der Waals surface area (Å²) in [7, 11) is 0. The van der Waals surface area contributed by atoms with Gasteiger partial charge in [-0.1, -0.05) is 13.8 Å². The molecule has 2 rings (SSSR count). The Kier molecular flexibility index (Phi) is 2.90. The van der Waals surface area contributed by atoms with Gasteiger partial charge in [0.25, 0.3) is 5.95 Å². The number of hydrogen-bond donors (Lipinski definition) is 1. The zero-order valence-electron chi connectivity index (χ0n) is 9.31. The first kappa shape index (κ1) is 10.4. The van der Waals surface area contributed by atoms with Crippen LogP contribution in [0.5, 0.6) is 0 Å². The van der Waals surface area contributed by atoms with Crippen LogP contribution in [-0.2, 0) is 0 Å². The lowest BCUT2D eigenvalue weighted by Gasteiger charge is -2.11. The van der Waals surface area contributed by atoms with E-state index in [9.17, 15) is 0 Å². The maximum atomic E-state index is 5.94. The highest BCUT2D eigenvalue weighted by Crippen LogP contribution is 2.21. The first-order valence-corrected chi connectivity index (χ1v) is 5.52. The zero-order valence-corrected chi connectivity index (χ0v) is 9.31. The van der Waals surface area contributed by atoms with Crippen molar-refractivity contribution in [2.45, 2.75) is 32.7 Å². The molecular formula is C10H18N4O. The minimum atomic E-state index is -0.158. The standard InChI is InChI=1S/C10H18N4O/c1-7(2)8(11)9-12-10(13-15-9)14-5-3-4-6-14/h7-8H,3-6,11H2,1-2H3/t8-/m1/s1. The molecule has 1 aromatic heterocycles. The van der Waals surface area contributed by atoms with Crippen molar-refractivity contribution >= 4 is 5.95 Å². The topological polar surface area (TPSA) is 68.2 Å². The van der Waals surface area contributed by atoms with Crippen LogP contribution in [0.25, 0.3) is 0 Å². The van der Waals surface area contributed by atoms with E-state index in [4.69, 9.17) is 10.3 Å². The van der Waals surface area contributed by atoms with Gasteiger partial charge >= 0.3 is 0 Å². The summed E-state index contributed by atoms with van der Waals surface area (Å²) in [5, 5.41) is 3.96. The molecule has 0 bridgehead atoms. The van der Waals surface area contributed by atoms with Gasteiger partial charge in [0, 0.05) is 13.1 Å². The fraction of sp³-hybridized carbons (Fsp3) is 0.800. The van der Waals surface area contributed by atoms with Gasteiger partial charge in [-0.2, -0.15) is 4.98 Å². The van der Waals surface area contributed by atoms with E-state index in [1.54, 1.807) is 0 Å². The normalized spacial score (nSPS) is 18.8. The van der Waals surface area contributed by atoms with Gasteiger partial charge in [-0.25, -0.2) is 0 Å². The molecule has 0 spiro atoms. The van der Waals surface area contributed by atoms with E-state index in [-0.39, 0.29) is 6.04 Å². The third kappa shape index (κ3) is 2.12. The molecule has 15 heavy (non-hydrogen) atoms. The Hall–Kier alpha value is -1.10. The SMILES string of the molecule is CC(C)[C@@H](N)c1nc(N2CCCC2)no1. The molecule has 0 amide bonds. The maximum absolute atomic E-state index is 5.94. The second-order valence-corrected chi connectivity index (χ2v) is 4.40. The summed E-state index contributed by atoms with van der Waals surface area (Å²) in [6, 6.07) is -0.158. The summed E-state index contributed by atoms with van der Waals surface area (Å²) in [4.78, 5) is 6.48. The minimum absolute atomic E-state index is 0.158. The van der Waals surface area contributed by atoms with Gasteiger partial charge in [-0.15, -0.1) is 0 Å². The molecule has 0 aromatic carbocycles. The summed E-state index contributed by atoms with van der Waals surface area (Å²) >= 11 is 0. The van der Waals surface area contributed by atoms with Gasteiger partial charge in [0.05, 0.1) is 6.04 Å². The van der Waals surface area contributed by atoms with Crippen molar-refractivity contribution in [2.24, 2.45) is 11.7 Å². The molecule has 5 heteroatoms. The van der Waals surface area contributed by atoms with Crippen molar-refractivity contribution in [3.63, 3.8) is 0 Å². The first-order valence-electron chi connectivity index (χ1n) is 5.52. The zero-order chi connectivity index (χ0) is 10.8. The Morgan fingerprint density at radius 2 is 2.00 bits per heavy atom. The molecule has 5 nitrogen and oxygen atoms in total. The van der Waals surface area contributed by atoms with Crippen LogP contribution in [0.15, 0.2) is 4.52 Å². The van der Waals surface area contributed by atoms with E-state index in [1.165, 1.54) is 12.8 Å². The number of aromatic nitrogens is 2. The van der Waals surface area contributed by atoms with Gasteiger partial charge < -0.3 is 15.2 Å². The Balaban J connectivity index is 2.09. The average Bonchev–Trinajstić information content (AvgIpc) is 2.86. The van der Waals surface area contributed by atoms with E-state index in [0.29, 0.717) is 17.8 Å². The van der Waals surface area contributed by atoms with Crippen molar-refractivity contribution in [1.29, 1.82) is 0 Å².